The molecular formula is C19H24N4O2. The predicted octanol–water partition coefficient (Wildman–Crippen LogP) is 1.84. The van der Waals surface area contributed by atoms with Gasteiger partial charge in [-0.1, -0.05) is 24.6 Å². The van der Waals surface area contributed by atoms with Crippen LogP contribution in [-0.2, 0) is 0 Å². The van der Waals surface area contributed by atoms with Gasteiger partial charge in [-0.15, -0.1) is 0 Å². The van der Waals surface area contributed by atoms with Gasteiger partial charge in [0.05, 0.1) is 5.69 Å². The molecule has 0 aliphatic carbocycles. The van der Waals surface area contributed by atoms with Crippen LogP contribution in [0, 0.1) is 0 Å². The molecule has 25 heavy (non-hydrogen) atoms. The summed E-state index contributed by atoms with van der Waals surface area (Å²) in [5, 5.41) is 7.09. The van der Waals surface area contributed by atoms with Crippen LogP contribution >= 0.6 is 0 Å². The molecule has 0 radical (unpaired) electrons. The van der Waals surface area contributed by atoms with E-state index in [-0.39, 0.29) is 17.2 Å². The summed E-state index contributed by atoms with van der Waals surface area (Å²) in [5.41, 5.74) is 0.640. The molecule has 1 aliphatic rings. The smallest absolute Gasteiger partial charge is 0.271 e. The van der Waals surface area contributed by atoms with Gasteiger partial charge in [-0.2, -0.15) is 9.78 Å². The lowest BCUT2D eigenvalue weighted by atomic mass is 10.1. The molecule has 6 nitrogen and oxygen atoms in total. The van der Waals surface area contributed by atoms with Crippen LogP contribution in [0.5, 0.6) is 0 Å². The lowest BCUT2D eigenvalue weighted by Gasteiger charge is -2.26. The third-order valence-electron chi connectivity index (χ3n) is 4.42. The minimum atomic E-state index is -0.257. The lowest BCUT2D eigenvalue weighted by Crippen LogP contribution is -2.34. The molecule has 1 fully saturated rings. The van der Waals surface area contributed by atoms with Crippen molar-refractivity contribution in [2.75, 3.05) is 26.2 Å². The van der Waals surface area contributed by atoms with Crippen LogP contribution in [0.2, 0.25) is 0 Å². The number of para-hydroxylation sites is 1. The van der Waals surface area contributed by atoms with E-state index in [9.17, 15) is 9.59 Å². The van der Waals surface area contributed by atoms with Crippen LogP contribution in [0.4, 0.5) is 0 Å². The Labute approximate surface area is 147 Å². The van der Waals surface area contributed by atoms with E-state index in [1.54, 1.807) is 12.1 Å². The molecule has 1 N–H and O–H groups in total. The molecule has 1 aromatic heterocycles. The number of piperidine rings is 1. The van der Waals surface area contributed by atoms with Gasteiger partial charge in [0.1, 0.15) is 5.69 Å². The molecule has 0 spiro atoms. The van der Waals surface area contributed by atoms with E-state index in [4.69, 9.17) is 0 Å². The van der Waals surface area contributed by atoms with Gasteiger partial charge in [0.2, 0.25) is 0 Å². The minimum absolute atomic E-state index is 0.247. The molecule has 3 rings (SSSR count). The molecule has 1 aromatic carbocycles. The van der Waals surface area contributed by atoms with E-state index in [2.05, 4.69) is 15.3 Å². The normalized spacial score (nSPS) is 15.0. The van der Waals surface area contributed by atoms with Gasteiger partial charge in [-0.25, -0.2) is 0 Å². The predicted molar refractivity (Wildman–Crippen MR) is 97.1 cm³/mol. The summed E-state index contributed by atoms with van der Waals surface area (Å²) in [6, 6.07) is 12.0. The summed E-state index contributed by atoms with van der Waals surface area (Å²) in [7, 11) is 0. The molecule has 132 valence electrons. The number of aromatic nitrogens is 2. The maximum atomic E-state index is 12.3. The van der Waals surface area contributed by atoms with E-state index in [1.807, 2.05) is 18.2 Å². The van der Waals surface area contributed by atoms with Crippen molar-refractivity contribution in [1.29, 1.82) is 0 Å². The molecule has 0 unspecified atom stereocenters. The van der Waals surface area contributed by atoms with Crippen LogP contribution in [0.25, 0.3) is 5.69 Å². The molecular weight excluding hydrogens is 316 g/mol. The van der Waals surface area contributed by atoms with Gasteiger partial charge in [-0.05, 0) is 57.1 Å². The van der Waals surface area contributed by atoms with Crippen molar-refractivity contribution in [3.05, 3.63) is 58.5 Å². The number of carbonyl (C=O) groups excluding carboxylic acids is 1. The average Bonchev–Trinajstić information content (AvgIpc) is 2.67. The zero-order chi connectivity index (χ0) is 17.5. The first-order chi connectivity index (χ1) is 12.2. The topological polar surface area (TPSA) is 67.2 Å². The molecule has 1 aliphatic heterocycles. The molecule has 1 saturated heterocycles. The van der Waals surface area contributed by atoms with Crippen LogP contribution in [0.1, 0.15) is 36.2 Å². The third-order valence-corrected chi connectivity index (χ3v) is 4.42. The number of carbonyl (C=O) groups is 1. The first kappa shape index (κ1) is 17.4. The van der Waals surface area contributed by atoms with Crippen molar-refractivity contribution in [2.45, 2.75) is 25.7 Å². The zero-order valence-electron chi connectivity index (χ0n) is 14.4. The second-order valence-electron chi connectivity index (χ2n) is 6.32. The third kappa shape index (κ3) is 4.76. The lowest BCUT2D eigenvalue weighted by molar-refractivity contribution is 0.0944. The van der Waals surface area contributed by atoms with Crippen molar-refractivity contribution in [1.82, 2.24) is 20.0 Å². The molecule has 2 heterocycles. The Bertz CT molecular complexity index is 752. The number of benzene rings is 1. The monoisotopic (exact) mass is 340 g/mol. The number of hydrogen-bond acceptors (Lipinski definition) is 4. The number of amides is 1. The number of nitrogens with zero attached hydrogens (tertiary/aromatic N) is 3. The van der Waals surface area contributed by atoms with Gasteiger partial charge < -0.3 is 10.2 Å². The molecule has 2 aromatic rings. The summed E-state index contributed by atoms with van der Waals surface area (Å²) >= 11 is 0. The Morgan fingerprint density at radius 3 is 2.56 bits per heavy atom. The molecule has 0 saturated carbocycles. The minimum Gasteiger partial charge on any atom is -0.351 e. The highest BCUT2D eigenvalue weighted by Crippen LogP contribution is 2.08. The fourth-order valence-corrected chi connectivity index (χ4v) is 3.06. The fourth-order valence-electron chi connectivity index (χ4n) is 3.06. The maximum absolute atomic E-state index is 12.3. The zero-order valence-corrected chi connectivity index (χ0v) is 14.4. The van der Waals surface area contributed by atoms with Crippen LogP contribution in [0.15, 0.2) is 47.3 Å². The Balaban J connectivity index is 1.56. The number of rotatable bonds is 6. The second-order valence-corrected chi connectivity index (χ2v) is 6.32. The quantitative estimate of drug-likeness (QED) is 0.815. The van der Waals surface area contributed by atoms with Gasteiger partial charge in [0.25, 0.3) is 11.5 Å². The summed E-state index contributed by atoms with van der Waals surface area (Å²) in [6.45, 7) is 3.95. The Hall–Kier alpha value is -2.47. The highest BCUT2D eigenvalue weighted by atomic mass is 16.2. The van der Waals surface area contributed by atoms with E-state index >= 15 is 0 Å². The summed E-state index contributed by atoms with van der Waals surface area (Å²) in [4.78, 5) is 26.7. The largest absolute Gasteiger partial charge is 0.351 e. The van der Waals surface area contributed by atoms with Crippen LogP contribution in [0.3, 0.4) is 0 Å². The first-order valence-electron chi connectivity index (χ1n) is 8.90. The summed E-state index contributed by atoms with van der Waals surface area (Å²) in [6.07, 6.45) is 4.80. The fraction of sp³-hybridized carbons (Fsp3) is 0.421. The van der Waals surface area contributed by atoms with Crippen molar-refractivity contribution >= 4 is 5.91 Å². The van der Waals surface area contributed by atoms with Crippen molar-refractivity contribution < 1.29 is 4.79 Å². The number of likely N-dealkylation sites (tertiary alicyclic amines) is 1. The molecule has 0 bridgehead atoms. The van der Waals surface area contributed by atoms with Gasteiger partial charge >= 0.3 is 0 Å². The van der Waals surface area contributed by atoms with E-state index in [0.717, 1.165) is 26.1 Å². The second kappa shape index (κ2) is 8.58. The number of nitrogens with one attached hydrogen (secondary N) is 1. The van der Waals surface area contributed by atoms with Gasteiger partial charge in [0, 0.05) is 12.6 Å². The Morgan fingerprint density at radius 2 is 1.80 bits per heavy atom. The Morgan fingerprint density at radius 1 is 1.04 bits per heavy atom. The number of hydrogen-bond donors (Lipinski definition) is 1. The van der Waals surface area contributed by atoms with E-state index in [0.29, 0.717) is 12.2 Å². The van der Waals surface area contributed by atoms with Gasteiger partial charge in [-0.3, -0.25) is 9.59 Å². The molecule has 1 amide bonds. The highest BCUT2D eigenvalue weighted by Gasteiger charge is 2.12. The van der Waals surface area contributed by atoms with Crippen molar-refractivity contribution in [3.63, 3.8) is 0 Å². The average molecular weight is 340 g/mol. The maximum Gasteiger partial charge on any atom is 0.271 e. The molecule has 6 heteroatoms. The standard InChI is InChI=1S/C19H24N4O2/c24-18-11-10-17(21-23(18)16-8-3-1-4-9-16)19(25)20-12-7-15-22-13-5-2-6-14-22/h1,3-4,8-11H,2,5-7,12-15H2,(H,20,25). The molecule has 0 atom stereocenters. The van der Waals surface area contributed by atoms with Crippen LogP contribution < -0.4 is 10.9 Å². The highest BCUT2D eigenvalue weighted by molar-refractivity contribution is 5.92. The van der Waals surface area contributed by atoms with Crippen LogP contribution in [-0.4, -0.2) is 46.8 Å². The summed E-state index contributed by atoms with van der Waals surface area (Å²) in [5.74, 6) is -0.247. The van der Waals surface area contributed by atoms with Crippen molar-refractivity contribution in [2.24, 2.45) is 0 Å². The van der Waals surface area contributed by atoms with E-state index in [1.165, 1.54) is 36.1 Å². The van der Waals surface area contributed by atoms with E-state index < -0.39 is 0 Å². The van der Waals surface area contributed by atoms with Crippen molar-refractivity contribution in [3.8, 4) is 5.69 Å². The summed E-state index contributed by atoms with van der Waals surface area (Å²) < 4.78 is 1.25. The van der Waals surface area contributed by atoms with Gasteiger partial charge in [0.15, 0.2) is 0 Å². The SMILES string of the molecule is O=C(NCCCN1CCCCC1)c1ccc(=O)n(-c2ccccc2)n1. The Kier molecular flexibility index (Phi) is 5.95. The first-order valence-corrected chi connectivity index (χ1v) is 8.90.